The fraction of sp³-hybridized carbons (Fsp3) is 0.304. The van der Waals surface area contributed by atoms with Gasteiger partial charge in [-0.3, -0.25) is 0 Å². The zero-order valence-corrected chi connectivity index (χ0v) is 16.8. The number of halogens is 1. The van der Waals surface area contributed by atoms with Gasteiger partial charge in [0.25, 0.3) is 0 Å². The molecule has 0 aliphatic carbocycles. The van der Waals surface area contributed by atoms with Crippen molar-refractivity contribution in [3.63, 3.8) is 0 Å². The lowest BCUT2D eigenvalue weighted by atomic mass is 10.1. The third-order valence-corrected chi connectivity index (χ3v) is 5.60. The van der Waals surface area contributed by atoms with Gasteiger partial charge in [0, 0.05) is 16.7 Å². The quantitative estimate of drug-likeness (QED) is 0.641. The Balaban J connectivity index is 1.35. The highest BCUT2D eigenvalue weighted by Crippen LogP contribution is 2.28. The number of benzene rings is 2. The molecule has 0 radical (unpaired) electrons. The second-order valence-corrected chi connectivity index (χ2v) is 7.66. The maximum Gasteiger partial charge on any atom is 0.158 e. The number of furan rings is 1. The first-order valence-electron chi connectivity index (χ1n) is 9.93. The molecule has 0 saturated carbocycles. The SMILES string of the molecule is Clc1ccccc1-c1ccc(C[NH2+]Cc2ccccc2C[NH+]2CCOCC2)o1. The zero-order valence-electron chi connectivity index (χ0n) is 16.0. The van der Waals surface area contributed by atoms with E-state index in [1.165, 1.54) is 11.1 Å². The summed E-state index contributed by atoms with van der Waals surface area (Å²) in [6.45, 7) is 6.76. The van der Waals surface area contributed by atoms with Crippen LogP contribution in [0.4, 0.5) is 0 Å². The number of hydrogen-bond donors (Lipinski definition) is 2. The van der Waals surface area contributed by atoms with E-state index < -0.39 is 0 Å². The largest absolute Gasteiger partial charge is 0.455 e. The number of ether oxygens (including phenoxy) is 1. The highest BCUT2D eigenvalue weighted by molar-refractivity contribution is 6.33. The third-order valence-electron chi connectivity index (χ3n) is 5.27. The molecule has 1 aliphatic heterocycles. The smallest absolute Gasteiger partial charge is 0.158 e. The van der Waals surface area contributed by atoms with Crippen LogP contribution in [0, 0.1) is 0 Å². The normalized spacial score (nSPS) is 15.0. The summed E-state index contributed by atoms with van der Waals surface area (Å²) >= 11 is 6.27. The minimum atomic E-state index is 0.715. The molecular weight excluding hydrogens is 372 g/mol. The van der Waals surface area contributed by atoms with Crippen LogP contribution in [-0.2, 0) is 24.4 Å². The molecule has 1 aromatic heterocycles. The first kappa shape index (κ1) is 19.2. The summed E-state index contributed by atoms with van der Waals surface area (Å²) in [5.41, 5.74) is 3.78. The number of hydrogen-bond acceptors (Lipinski definition) is 2. The first-order valence-corrected chi connectivity index (χ1v) is 10.3. The molecule has 2 aromatic carbocycles. The van der Waals surface area contributed by atoms with Crippen LogP contribution in [0.3, 0.4) is 0 Å². The Kier molecular flexibility index (Phi) is 6.45. The lowest BCUT2D eigenvalue weighted by molar-refractivity contribution is -0.921. The predicted octanol–water partition coefficient (Wildman–Crippen LogP) is 2.28. The van der Waals surface area contributed by atoms with Gasteiger partial charge in [0.2, 0.25) is 0 Å². The van der Waals surface area contributed by atoms with E-state index in [2.05, 4.69) is 29.6 Å². The molecule has 1 fully saturated rings. The molecule has 0 bridgehead atoms. The van der Waals surface area contributed by atoms with E-state index in [1.807, 2.05) is 36.4 Å². The Bertz CT molecular complexity index is 903. The van der Waals surface area contributed by atoms with Crippen LogP contribution in [0.5, 0.6) is 0 Å². The molecule has 4 rings (SSSR count). The summed E-state index contributed by atoms with van der Waals surface area (Å²) in [4.78, 5) is 1.61. The lowest BCUT2D eigenvalue weighted by Crippen LogP contribution is -3.12. The van der Waals surface area contributed by atoms with Crippen molar-refractivity contribution in [1.29, 1.82) is 0 Å². The first-order chi connectivity index (χ1) is 13.8. The van der Waals surface area contributed by atoms with E-state index in [9.17, 15) is 0 Å². The number of quaternary nitrogens is 2. The topological polar surface area (TPSA) is 43.4 Å². The van der Waals surface area contributed by atoms with E-state index >= 15 is 0 Å². The second-order valence-electron chi connectivity index (χ2n) is 7.25. The number of nitrogens with one attached hydrogen (secondary N) is 1. The van der Waals surface area contributed by atoms with Crippen molar-refractivity contribution in [1.82, 2.24) is 0 Å². The average molecular weight is 399 g/mol. The molecule has 3 aromatic rings. The van der Waals surface area contributed by atoms with Crippen LogP contribution in [0.15, 0.2) is 65.1 Å². The summed E-state index contributed by atoms with van der Waals surface area (Å²) in [5, 5.41) is 3.01. The predicted molar refractivity (Wildman–Crippen MR) is 110 cm³/mol. The van der Waals surface area contributed by atoms with Crippen molar-refractivity contribution in [3.05, 3.63) is 82.6 Å². The zero-order chi connectivity index (χ0) is 19.2. The molecule has 28 heavy (non-hydrogen) atoms. The minimum absolute atomic E-state index is 0.715. The highest BCUT2D eigenvalue weighted by Gasteiger charge is 2.16. The molecule has 0 amide bonds. The van der Waals surface area contributed by atoms with Crippen molar-refractivity contribution in [2.45, 2.75) is 19.6 Å². The second kappa shape index (κ2) is 9.39. The van der Waals surface area contributed by atoms with Gasteiger partial charge in [-0.15, -0.1) is 0 Å². The molecule has 0 atom stereocenters. The molecule has 1 saturated heterocycles. The van der Waals surface area contributed by atoms with Crippen LogP contribution in [0.2, 0.25) is 5.02 Å². The van der Waals surface area contributed by atoms with Crippen molar-refractivity contribution >= 4 is 11.6 Å². The van der Waals surface area contributed by atoms with Gasteiger partial charge in [-0.2, -0.15) is 0 Å². The highest BCUT2D eigenvalue weighted by atomic mass is 35.5. The number of nitrogens with two attached hydrogens (primary N) is 1. The summed E-state index contributed by atoms with van der Waals surface area (Å²) in [6.07, 6.45) is 0. The van der Waals surface area contributed by atoms with E-state index in [0.717, 1.165) is 63.0 Å². The summed E-state index contributed by atoms with van der Waals surface area (Å²) in [5.74, 6) is 1.79. The van der Waals surface area contributed by atoms with Crippen molar-refractivity contribution in [2.75, 3.05) is 26.3 Å². The molecule has 2 heterocycles. The van der Waals surface area contributed by atoms with Crippen LogP contribution in [0.1, 0.15) is 16.9 Å². The van der Waals surface area contributed by atoms with E-state index in [4.69, 9.17) is 20.8 Å². The molecule has 146 valence electrons. The molecule has 0 unspecified atom stereocenters. The summed E-state index contributed by atoms with van der Waals surface area (Å²) in [6, 6.07) is 20.6. The van der Waals surface area contributed by atoms with Gasteiger partial charge < -0.3 is 19.4 Å². The van der Waals surface area contributed by atoms with E-state index in [-0.39, 0.29) is 0 Å². The monoisotopic (exact) mass is 398 g/mol. The summed E-state index contributed by atoms with van der Waals surface area (Å²) in [7, 11) is 0. The van der Waals surface area contributed by atoms with Crippen LogP contribution >= 0.6 is 11.6 Å². The van der Waals surface area contributed by atoms with E-state index in [0.29, 0.717) is 5.02 Å². The van der Waals surface area contributed by atoms with Gasteiger partial charge >= 0.3 is 0 Å². The van der Waals surface area contributed by atoms with E-state index in [1.54, 1.807) is 4.90 Å². The molecule has 5 heteroatoms. The van der Waals surface area contributed by atoms with Gasteiger partial charge in [-0.25, -0.2) is 0 Å². The molecular formula is C23H27ClN2O2+2. The Morgan fingerprint density at radius 2 is 1.61 bits per heavy atom. The maximum atomic E-state index is 6.27. The van der Waals surface area contributed by atoms with Crippen molar-refractivity contribution < 1.29 is 19.4 Å². The van der Waals surface area contributed by atoms with Gasteiger partial charge in [-0.1, -0.05) is 48.0 Å². The number of rotatable bonds is 7. The van der Waals surface area contributed by atoms with Crippen molar-refractivity contribution in [2.24, 2.45) is 0 Å². The third kappa shape index (κ3) is 4.83. The fourth-order valence-corrected chi connectivity index (χ4v) is 3.93. The van der Waals surface area contributed by atoms with Crippen LogP contribution < -0.4 is 10.2 Å². The summed E-state index contributed by atoms with van der Waals surface area (Å²) < 4.78 is 11.5. The standard InChI is InChI=1S/C23H25ClN2O2/c24-22-8-4-3-7-21(22)23-10-9-20(28-23)16-25-15-18-5-1-2-6-19(18)17-26-11-13-27-14-12-26/h1-10,25H,11-17H2/p+2. The van der Waals surface area contributed by atoms with Gasteiger partial charge in [0.05, 0.1) is 18.2 Å². The molecule has 1 aliphatic rings. The Labute approximate surface area is 171 Å². The molecule has 4 nitrogen and oxygen atoms in total. The lowest BCUT2D eigenvalue weighted by Gasteiger charge is -2.24. The van der Waals surface area contributed by atoms with Gasteiger partial charge in [0.1, 0.15) is 38.5 Å². The van der Waals surface area contributed by atoms with Crippen LogP contribution in [-0.4, -0.2) is 26.3 Å². The maximum absolute atomic E-state index is 6.27. The Morgan fingerprint density at radius 3 is 2.43 bits per heavy atom. The van der Waals surface area contributed by atoms with Crippen LogP contribution in [0.25, 0.3) is 11.3 Å². The molecule has 3 N–H and O–H groups in total. The Morgan fingerprint density at radius 1 is 0.857 bits per heavy atom. The van der Waals surface area contributed by atoms with Gasteiger partial charge in [0.15, 0.2) is 5.76 Å². The Hall–Kier alpha value is -2.11. The number of morpholine rings is 1. The van der Waals surface area contributed by atoms with Crippen molar-refractivity contribution in [3.8, 4) is 11.3 Å². The fourth-order valence-electron chi connectivity index (χ4n) is 3.70. The van der Waals surface area contributed by atoms with Gasteiger partial charge in [-0.05, 0) is 24.3 Å². The minimum Gasteiger partial charge on any atom is -0.455 e. The average Bonchev–Trinajstić information content (AvgIpc) is 3.19. The molecule has 0 spiro atoms.